The number of pyridine rings is 1. The number of rotatable bonds is 5. The number of benzene rings is 1. The van der Waals surface area contributed by atoms with E-state index in [-0.39, 0.29) is 29.0 Å². The molecule has 1 amide bonds. The first-order chi connectivity index (χ1) is 13.7. The van der Waals surface area contributed by atoms with Gasteiger partial charge in [0.25, 0.3) is 5.91 Å². The maximum Gasteiger partial charge on any atom is 0.417 e. The fourth-order valence-corrected chi connectivity index (χ4v) is 3.11. The van der Waals surface area contributed by atoms with Crippen LogP contribution in [0.5, 0.6) is 0 Å². The second-order valence-corrected chi connectivity index (χ2v) is 7.06. The predicted molar refractivity (Wildman–Crippen MR) is 99.8 cm³/mol. The molecule has 0 aliphatic carbocycles. The van der Waals surface area contributed by atoms with Gasteiger partial charge in [-0.25, -0.2) is 9.37 Å². The molecular weight excluding hydrogens is 414 g/mol. The zero-order valence-corrected chi connectivity index (χ0v) is 15.9. The van der Waals surface area contributed by atoms with Crippen molar-refractivity contribution < 1.29 is 27.1 Å². The van der Waals surface area contributed by atoms with E-state index in [1.165, 1.54) is 12.1 Å². The SMILES string of the molecule is O=C(NCC1CCOCC1)c1cnc(Nc2ccc(Cl)cc2F)cc1C(F)(F)F. The summed E-state index contributed by atoms with van der Waals surface area (Å²) in [6.45, 7) is 1.39. The Hall–Kier alpha value is -2.39. The van der Waals surface area contributed by atoms with Crippen LogP contribution in [0.4, 0.5) is 29.1 Å². The van der Waals surface area contributed by atoms with Crippen molar-refractivity contribution in [1.29, 1.82) is 0 Å². The van der Waals surface area contributed by atoms with Crippen molar-refractivity contribution in [2.45, 2.75) is 19.0 Å². The Morgan fingerprint density at radius 1 is 1.24 bits per heavy atom. The maximum absolute atomic E-state index is 13.9. The average Bonchev–Trinajstić information content (AvgIpc) is 2.68. The first-order valence-corrected chi connectivity index (χ1v) is 9.27. The highest BCUT2D eigenvalue weighted by molar-refractivity contribution is 6.30. The summed E-state index contributed by atoms with van der Waals surface area (Å²) in [6, 6.07) is 4.36. The third-order valence-corrected chi connectivity index (χ3v) is 4.78. The predicted octanol–water partition coefficient (Wildman–Crippen LogP) is 4.79. The van der Waals surface area contributed by atoms with Gasteiger partial charge in [-0.15, -0.1) is 0 Å². The topological polar surface area (TPSA) is 63.2 Å². The highest BCUT2D eigenvalue weighted by Crippen LogP contribution is 2.34. The van der Waals surface area contributed by atoms with Crippen molar-refractivity contribution in [3.8, 4) is 0 Å². The molecule has 1 saturated heterocycles. The summed E-state index contributed by atoms with van der Waals surface area (Å²) in [5.74, 6) is -1.70. The lowest BCUT2D eigenvalue weighted by atomic mass is 10.00. The molecule has 0 saturated carbocycles. The number of ether oxygens (including phenoxy) is 1. The van der Waals surface area contributed by atoms with Crippen molar-refractivity contribution in [3.05, 3.63) is 52.4 Å². The Bertz CT molecular complexity index is 886. The van der Waals surface area contributed by atoms with Crippen molar-refractivity contribution >= 4 is 29.0 Å². The molecule has 0 unspecified atom stereocenters. The van der Waals surface area contributed by atoms with Crippen molar-refractivity contribution in [3.63, 3.8) is 0 Å². The van der Waals surface area contributed by atoms with Crippen molar-refractivity contribution in [1.82, 2.24) is 10.3 Å². The molecule has 2 heterocycles. The van der Waals surface area contributed by atoms with Crippen LogP contribution in [0.1, 0.15) is 28.8 Å². The van der Waals surface area contributed by atoms with Crippen LogP contribution < -0.4 is 10.6 Å². The normalized spacial score (nSPS) is 15.2. The van der Waals surface area contributed by atoms with Gasteiger partial charge in [0.05, 0.1) is 16.8 Å². The van der Waals surface area contributed by atoms with Crippen LogP contribution in [0.25, 0.3) is 0 Å². The van der Waals surface area contributed by atoms with Crippen LogP contribution in [0.15, 0.2) is 30.5 Å². The van der Waals surface area contributed by atoms with E-state index in [1.54, 1.807) is 0 Å². The van der Waals surface area contributed by atoms with Crippen LogP contribution in [0, 0.1) is 11.7 Å². The minimum Gasteiger partial charge on any atom is -0.381 e. The third-order valence-electron chi connectivity index (χ3n) is 4.54. The van der Waals surface area contributed by atoms with Crippen LogP contribution in [0.2, 0.25) is 5.02 Å². The molecule has 10 heteroatoms. The Labute approximate surface area is 169 Å². The molecule has 1 aromatic heterocycles. The summed E-state index contributed by atoms with van der Waals surface area (Å²) in [5, 5.41) is 5.15. The molecule has 1 aromatic carbocycles. The van der Waals surface area contributed by atoms with Gasteiger partial charge in [-0.2, -0.15) is 13.2 Å². The van der Waals surface area contributed by atoms with Gasteiger partial charge in [0, 0.05) is 31.0 Å². The van der Waals surface area contributed by atoms with E-state index in [4.69, 9.17) is 16.3 Å². The van der Waals surface area contributed by atoms with Gasteiger partial charge in [0.1, 0.15) is 11.6 Å². The van der Waals surface area contributed by atoms with Gasteiger partial charge in [-0.3, -0.25) is 4.79 Å². The number of anilines is 2. The Morgan fingerprint density at radius 2 is 1.97 bits per heavy atom. The minimum atomic E-state index is -4.79. The van der Waals surface area contributed by atoms with Crippen molar-refractivity contribution in [2.24, 2.45) is 5.92 Å². The molecule has 1 aliphatic rings. The highest BCUT2D eigenvalue weighted by atomic mass is 35.5. The number of carbonyl (C=O) groups excluding carboxylic acids is 1. The number of hydrogen-bond acceptors (Lipinski definition) is 4. The summed E-state index contributed by atoms with van der Waals surface area (Å²) in [7, 11) is 0. The second-order valence-electron chi connectivity index (χ2n) is 6.63. The molecule has 0 radical (unpaired) electrons. The van der Waals surface area contributed by atoms with Crippen LogP contribution in [0.3, 0.4) is 0 Å². The molecule has 1 aliphatic heterocycles. The van der Waals surface area contributed by atoms with Crippen LogP contribution in [-0.4, -0.2) is 30.6 Å². The molecule has 2 aromatic rings. The summed E-state index contributed by atoms with van der Waals surface area (Å²) in [5.41, 5.74) is -1.84. The number of hydrogen-bond donors (Lipinski definition) is 2. The number of halogens is 5. The molecule has 3 rings (SSSR count). The molecule has 29 heavy (non-hydrogen) atoms. The van der Waals surface area contributed by atoms with Crippen LogP contribution in [-0.2, 0) is 10.9 Å². The Kier molecular flexibility index (Phi) is 6.59. The zero-order chi connectivity index (χ0) is 21.0. The van der Waals surface area contributed by atoms with Gasteiger partial charge in [-0.05, 0) is 43.0 Å². The number of nitrogens with one attached hydrogen (secondary N) is 2. The third kappa shape index (κ3) is 5.57. The number of aromatic nitrogens is 1. The van der Waals surface area contributed by atoms with E-state index in [0.29, 0.717) is 19.3 Å². The Balaban J connectivity index is 1.79. The number of alkyl halides is 3. The van der Waals surface area contributed by atoms with E-state index >= 15 is 0 Å². The quantitative estimate of drug-likeness (QED) is 0.668. The van der Waals surface area contributed by atoms with Gasteiger partial charge in [0.2, 0.25) is 0 Å². The number of nitrogens with zero attached hydrogens (tertiary/aromatic N) is 1. The van der Waals surface area contributed by atoms with E-state index < -0.39 is 29.0 Å². The Morgan fingerprint density at radius 3 is 2.62 bits per heavy atom. The first kappa shape index (κ1) is 21.3. The molecule has 0 spiro atoms. The monoisotopic (exact) mass is 431 g/mol. The lowest BCUT2D eigenvalue weighted by Gasteiger charge is -2.22. The van der Waals surface area contributed by atoms with Gasteiger partial charge >= 0.3 is 6.18 Å². The number of amides is 1. The van der Waals surface area contributed by atoms with Gasteiger partial charge < -0.3 is 15.4 Å². The fraction of sp³-hybridized carbons (Fsp3) is 0.368. The zero-order valence-electron chi connectivity index (χ0n) is 15.2. The molecule has 0 bridgehead atoms. The van der Waals surface area contributed by atoms with Crippen LogP contribution >= 0.6 is 11.6 Å². The summed E-state index contributed by atoms with van der Waals surface area (Å²) >= 11 is 5.66. The average molecular weight is 432 g/mol. The first-order valence-electron chi connectivity index (χ1n) is 8.89. The summed E-state index contributed by atoms with van der Waals surface area (Å²) in [4.78, 5) is 16.2. The molecule has 156 valence electrons. The highest BCUT2D eigenvalue weighted by Gasteiger charge is 2.36. The van der Waals surface area contributed by atoms with E-state index in [1.807, 2.05) is 0 Å². The summed E-state index contributed by atoms with van der Waals surface area (Å²) in [6.07, 6.45) is -2.48. The minimum absolute atomic E-state index is 0.0910. The summed E-state index contributed by atoms with van der Waals surface area (Å²) < 4.78 is 59.6. The molecular formula is C19H18ClF4N3O2. The number of carbonyl (C=O) groups is 1. The molecule has 1 fully saturated rings. The molecule has 2 N–H and O–H groups in total. The largest absolute Gasteiger partial charge is 0.417 e. The molecule has 5 nitrogen and oxygen atoms in total. The van der Waals surface area contributed by atoms with E-state index in [9.17, 15) is 22.4 Å². The lowest BCUT2D eigenvalue weighted by Crippen LogP contribution is -2.33. The lowest BCUT2D eigenvalue weighted by molar-refractivity contribution is -0.137. The second kappa shape index (κ2) is 8.96. The van der Waals surface area contributed by atoms with Gasteiger partial charge in [-0.1, -0.05) is 11.6 Å². The van der Waals surface area contributed by atoms with Gasteiger partial charge in [0.15, 0.2) is 0 Å². The van der Waals surface area contributed by atoms with Crippen molar-refractivity contribution in [2.75, 3.05) is 25.1 Å². The van der Waals surface area contributed by atoms with E-state index in [0.717, 1.165) is 25.1 Å². The fourth-order valence-electron chi connectivity index (χ4n) is 2.95. The van der Waals surface area contributed by atoms with E-state index in [2.05, 4.69) is 15.6 Å². The smallest absolute Gasteiger partial charge is 0.381 e. The molecule has 0 atom stereocenters. The standard InChI is InChI=1S/C19H18ClF4N3O2/c20-12-1-2-16(15(21)7-12)27-17-8-14(19(22,23)24)13(10-25-17)18(28)26-9-11-3-5-29-6-4-11/h1-2,7-8,10-11H,3-6,9H2,(H,25,27)(H,26,28). The maximum atomic E-state index is 13.9.